The highest BCUT2D eigenvalue weighted by molar-refractivity contribution is 5.91. The molecule has 8 heteroatoms. The number of carbonyl (C=O) groups excluding carboxylic acids is 1. The van der Waals surface area contributed by atoms with Gasteiger partial charge in [0.15, 0.2) is 0 Å². The fraction of sp³-hybridized carbons (Fsp3) is 0.333. The van der Waals surface area contributed by atoms with Crippen molar-refractivity contribution in [1.82, 2.24) is 10.3 Å². The van der Waals surface area contributed by atoms with Gasteiger partial charge in [0.25, 0.3) is 5.69 Å². The molecule has 1 aliphatic carbocycles. The Morgan fingerprint density at radius 1 is 1.23 bits per heavy atom. The molecule has 2 amide bonds. The number of amides is 2. The van der Waals surface area contributed by atoms with E-state index >= 15 is 0 Å². The van der Waals surface area contributed by atoms with Gasteiger partial charge in [-0.3, -0.25) is 10.1 Å². The summed E-state index contributed by atoms with van der Waals surface area (Å²) in [6.45, 7) is 0.211. The number of ether oxygens (including phenoxy) is 1. The Balaban J connectivity index is 1.60. The predicted molar refractivity (Wildman–Crippen MR) is 96.1 cm³/mol. The first-order valence-corrected chi connectivity index (χ1v) is 8.52. The van der Waals surface area contributed by atoms with Gasteiger partial charge in [-0.15, -0.1) is 0 Å². The summed E-state index contributed by atoms with van der Waals surface area (Å²) in [5.41, 5.74) is 0.745. The first kappa shape index (κ1) is 17.7. The van der Waals surface area contributed by atoms with Gasteiger partial charge in [-0.1, -0.05) is 18.2 Å². The van der Waals surface area contributed by atoms with Crippen molar-refractivity contribution in [2.45, 2.75) is 38.3 Å². The van der Waals surface area contributed by atoms with E-state index in [1.54, 1.807) is 24.4 Å². The summed E-state index contributed by atoms with van der Waals surface area (Å²) in [5.74, 6) is 0.519. The fourth-order valence-corrected chi connectivity index (χ4v) is 2.91. The Labute approximate surface area is 150 Å². The molecule has 0 spiro atoms. The second-order valence-corrected chi connectivity index (χ2v) is 6.07. The quantitative estimate of drug-likeness (QED) is 0.607. The molecule has 8 nitrogen and oxygen atoms in total. The number of pyridine rings is 1. The SMILES string of the molecule is O=C(NCc1cccnc1OC1CCCC1)Nc1ccccc1[N+](=O)[O-]. The van der Waals surface area contributed by atoms with E-state index in [0.717, 1.165) is 31.2 Å². The maximum absolute atomic E-state index is 12.1. The predicted octanol–water partition coefficient (Wildman–Crippen LogP) is 3.63. The highest BCUT2D eigenvalue weighted by atomic mass is 16.6. The zero-order chi connectivity index (χ0) is 18.4. The maximum Gasteiger partial charge on any atom is 0.319 e. The number of urea groups is 1. The molecule has 136 valence electrons. The van der Waals surface area contributed by atoms with E-state index < -0.39 is 11.0 Å². The lowest BCUT2D eigenvalue weighted by atomic mass is 10.2. The highest BCUT2D eigenvalue weighted by Gasteiger charge is 2.19. The first-order valence-electron chi connectivity index (χ1n) is 8.52. The van der Waals surface area contributed by atoms with Crippen LogP contribution >= 0.6 is 0 Å². The molecule has 0 bridgehead atoms. The monoisotopic (exact) mass is 356 g/mol. The zero-order valence-electron chi connectivity index (χ0n) is 14.2. The van der Waals surface area contributed by atoms with E-state index in [1.165, 1.54) is 12.1 Å². The Morgan fingerprint density at radius 2 is 2.00 bits per heavy atom. The van der Waals surface area contributed by atoms with Gasteiger partial charge in [-0.25, -0.2) is 9.78 Å². The molecule has 1 saturated carbocycles. The maximum atomic E-state index is 12.1. The molecule has 3 rings (SSSR count). The molecule has 1 aliphatic rings. The lowest BCUT2D eigenvalue weighted by molar-refractivity contribution is -0.383. The molecule has 1 heterocycles. The van der Waals surface area contributed by atoms with E-state index in [1.807, 2.05) is 6.07 Å². The molecule has 26 heavy (non-hydrogen) atoms. The smallest absolute Gasteiger partial charge is 0.319 e. The Kier molecular flexibility index (Phi) is 5.62. The van der Waals surface area contributed by atoms with Gasteiger partial charge in [0.2, 0.25) is 5.88 Å². The molecule has 2 aromatic rings. The molecule has 1 aromatic carbocycles. The number of nitro groups is 1. The van der Waals surface area contributed by atoms with Crippen LogP contribution in [0.25, 0.3) is 0 Å². The van der Waals surface area contributed by atoms with Crippen molar-refractivity contribution in [3.8, 4) is 5.88 Å². The van der Waals surface area contributed by atoms with Gasteiger partial charge >= 0.3 is 6.03 Å². The van der Waals surface area contributed by atoms with Crippen molar-refractivity contribution < 1.29 is 14.5 Å². The number of nitro benzene ring substituents is 1. The van der Waals surface area contributed by atoms with Crippen molar-refractivity contribution in [2.75, 3.05) is 5.32 Å². The zero-order valence-corrected chi connectivity index (χ0v) is 14.2. The lowest BCUT2D eigenvalue weighted by Gasteiger charge is -2.15. The van der Waals surface area contributed by atoms with Crippen molar-refractivity contribution in [3.63, 3.8) is 0 Å². The molecule has 0 radical (unpaired) electrons. The fourth-order valence-electron chi connectivity index (χ4n) is 2.91. The third-order valence-corrected chi connectivity index (χ3v) is 4.22. The second kappa shape index (κ2) is 8.28. The van der Waals surface area contributed by atoms with Gasteiger partial charge in [0.1, 0.15) is 11.8 Å². The van der Waals surface area contributed by atoms with E-state index in [0.29, 0.717) is 5.88 Å². The van der Waals surface area contributed by atoms with Crippen LogP contribution in [0.1, 0.15) is 31.2 Å². The first-order chi connectivity index (χ1) is 12.6. The third kappa shape index (κ3) is 4.47. The van der Waals surface area contributed by atoms with Crippen LogP contribution in [0.3, 0.4) is 0 Å². The molecule has 0 saturated heterocycles. The molecule has 0 atom stereocenters. The molecular formula is C18H20N4O4. The summed E-state index contributed by atoms with van der Waals surface area (Å²) < 4.78 is 5.94. The van der Waals surface area contributed by atoms with Gasteiger partial charge in [0.05, 0.1) is 4.92 Å². The minimum atomic E-state index is -0.537. The highest BCUT2D eigenvalue weighted by Crippen LogP contribution is 2.25. The summed E-state index contributed by atoms with van der Waals surface area (Å²) >= 11 is 0. The molecule has 0 unspecified atom stereocenters. The van der Waals surface area contributed by atoms with Gasteiger partial charge in [0, 0.05) is 24.4 Å². The molecule has 0 aliphatic heterocycles. The average Bonchev–Trinajstić information content (AvgIpc) is 3.14. The minimum absolute atomic E-state index is 0.142. The molecule has 2 N–H and O–H groups in total. The number of benzene rings is 1. The third-order valence-electron chi connectivity index (χ3n) is 4.22. The Bertz CT molecular complexity index is 790. The Morgan fingerprint density at radius 3 is 2.77 bits per heavy atom. The number of hydrogen-bond donors (Lipinski definition) is 2. The summed E-state index contributed by atoms with van der Waals surface area (Å²) in [4.78, 5) is 26.8. The van der Waals surface area contributed by atoms with Crippen LogP contribution in [-0.4, -0.2) is 22.0 Å². The number of para-hydroxylation sites is 2. The topological polar surface area (TPSA) is 106 Å². The minimum Gasteiger partial charge on any atom is -0.474 e. The summed E-state index contributed by atoms with van der Waals surface area (Å²) in [5, 5.41) is 16.2. The summed E-state index contributed by atoms with van der Waals surface area (Å²) in [6.07, 6.45) is 6.17. The van der Waals surface area contributed by atoms with Crippen LogP contribution in [0.2, 0.25) is 0 Å². The van der Waals surface area contributed by atoms with Crippen molar-refractivity contribution in [3.05, 3.63) is 58.3 Å². The number of nitrogens with one attached hydrogen (secondary N) is 2. The number of hydrogen-bond acceptors (Lipinski definition) is 5. The molecular weight excluding hydrogens is 336 g/mol. The van der Waals surface area contributed by atoms with Crippen molar-refractivity contribution in [2.24, 2.45) is 0 Å². The van der Waals surface area contributed by atoms with E-state index in [9.17, 15) is 14.9 Å². The van der Waals surface area contributed by atoms with E-state index in [4.69, 9.17) is 4.74 Å². The van der Waals surface area contributed by atoms with Crippen LogP contribution in [0.15, 0.2) is 42.6 Å². The van der Waals surface area contributed by atoms with Crippen LogP contribution < -0.4 is 15.4 Å². The van der Waals surface area contributed by atoms with Gasteiger partial charge in [-0.2, -0.15) is 0 Å². The summed E-state index contributed by atoms with van der Waals surface area (Å²) in [6, 6.07) is 9.07. The number of nitrogens with zero attached hydrogens (tertiary/aromatic N) is 2. The van der Waals surface area contributed by atoms with Crippen LogP contribution in [0.5, 0.6) is 5.88 Å². The lowest BCUT2D eigenvalue weighted by Crippen LogP contribution is -2.29. The average molecular weight is 356 g/mol. The standard InChI is InChI=1S/C18H20N4O4/c23-18(21-15-9-3-4-10-16(15)22(24)25)20-12-13-6-5-11-19-17(13)26-14-7-1-2-8-14/h3-6,9-11,14H,1-2,7-8,12H2,(H2,20,21,23). The molecule has 1 aromatic heterocycles. The van der Waals surface area contributed by atoms with Gasteiger partial charge in [-0.05, 0) is 37.8 Å². The van der Waals surface area contributed by atoms with Gasteiger partial charge < -0.3 is 15.4 Å². The summed E-state index contributed by atoms with van der Waals surface area (Å²) in [7, 11) is 0. The van der Waals surface area contributed by atoms with Crippen LogP contribution in [-0.2, 0) is 6.54 Å². The number of carbonyl (C=O) groups is 1. The number of anilines is 1. The van der Waals surface area contributed by atoms with Crippen molar-refractivity contribution >= 4 is 17.4 Å². The van der Waals surface area contributed by atoms with Crippen LogP contribution in [0.4, 0.5) is 16.2 Å². The Hall–Kier alpha value is -3.16. The largest absolute Gasteiger partial charge is 0.474 e. The normalized spacial score (nSPS) is 14.0. The van der Waals surface area contributed by atoms with E-state index in [2.05, 4.69) is 15.6 Å². The van der Waals surface area contributed by atoms with E-state index in [-0.39, 0.29) is 24.0 Å². The molecule has 1 fully saturated rings. The van der Waals surface area contributed by atoms with Crippen molar-refractivity contribution in [1.29, 1.82) is 0 Å². The second-order valence-electron chi connectivity index (χ2n) is 6.07. The van der Waals surface area contributed by atoms with Crippen LogP contribution in [0, 0.1) is 10.1 Å². The number of aromatic nitrogens is 1. The number of rotatable bonds is 6.